The van der Waals surface area contributed by atoms with Crippen molar-refractivity contribution in [3.8, 4) is 0 Å². The van der Waals surface area contributed by atoms with Crippen LogP contribution in [0.15, 0.2) is 48.5 Å². The summed E-state index contributed by atoms with van der Waals surface area (Å²) < 4.78 is 5.11. The molecule has 0 saturated heterocycles. The van der Waals surface area contributed by atoms with E-state index in [1.807, 2.05) is 0 Å². The first-order chi connectivity index (χ1) is 14.7. The van der Waals surface area contributed by atoms with Gasteiger partial charge in [0.25, 0.3) is 11.6 Å². The lowest BCUT2D eigenvalue weighted by Crippen LogP contribution is -2.39. The third-order valence-corrected chi connectivity index (χ3v) is 4.31. The molecular weight excluding hydrogens is 426 g/mol. The van der Waals surface area contributed by atoms with Crippen LogP contribution < -0.4 is 10.6 Å². The minimum atomic E-state index is -1.01. The number of nitrogens with one attached hydrogen (secondary N) is 2. The van der Waals surface area contributed by atoms with Crippen LogP contribution in [-0.4, -0.2) is 35.4 Å². The summed E-state index contributed by atoms with van der Waals surface area (Å²) in [6, 6.07) is 11.0. The molecule has 0 aliphatic heterocycles. The predicted molar refractivity (Wildman–Crippen MR) is 114 cm³/mol. The van der Waals surface area contributed by atoms with Gasteiger partial charge in [-0.2, -0.15) is 0 Å². The molecule has 164 valence electrons. The van der Waals surface area contributed by atoms with Crippen molar-refractivity contribution >= 4 is 35.1 Å². The van der Waals surface area contributed by atoms with Gasteiger partial charge in [0.2, 0.25) is 5.91 Å². The van der Waals surface area contributed by atoms with Gasteiger partial charge in [-0.3, -0.25) is 24.5 Å². The summed E-state index contributed by atoms with van der Waals surface area (Å²) in [4.78, 5) is 47.6. The van der Waals surface area contributed by atoms with E-state index in [0.717, 1.165) is 0 Å². The van der Waals surface area contributed by atoms with E-state index < -0.39 is 35.3 Å². The van der Waals surface area contributed by atoms with E-state index in [1.54, 1.807) is 32.0 Å². The predicted octanol–water partition coefficient (Wildman–Crippen LogP) is 3.18. The fourth-order valence-electron chi connectivity index (χ4n) is 2.80. The summed E-state index contributed by atoms with van der Waals surface area (Å²) in [5.41, 5.74) is 0.187. The zero-order valence-electron chi connectivity index (χ0n) is 17.0. The molecule has 2 N–H and O–H groups in total. The van der Waals surface area contributed by atoms with E-state index in [4.69, 9.17) is 16.3 Å². The first kappa shape index (κ1) is 23.8. The molecule has 0 fully saturated rings. The summed E-state index contributed by atoms with van der Waals surface area (Å²) >= 11 is 5.85. The molecular formula is C21H22ClN3O6. The number of nitro benzene ring substituents is 1. The van der Waals surface area contributed by atoms with Crippen molar-refractivity contribution in [3.63, 3.8) is 0 Å². The van der Waals surface area contributed by atoms with Gasteiger partial charge in [0, 0.05) is 16.7 Å². The summed E-state index contributed by atoms with van der Waals surface area (Å²) in [5, 5.41) is 16.8. The fraction of sp³-hybridized carbons (Fsp3) is 0.286. The lowest BCUT2D eigenvalue weighted by molar-refractivity contribution is -0.385. The second-order valence-electron chi connectivity index (χ2n) is 6.87. The SMILES string of the molecule is CC(C)OC(=O)CC(NC(=O)CNC(=O)c1cccc(Cl)c1)c1ccccc1[N+](=O)[O-]. The molecule has 2 rings (SSSR count). The molecule has 2 aromatic rings. The Hall–Kier alpha value is -3.46. The molecule has 0 radical (unpaired) electrons. The van der Waals surface area contributed by atoms with Crippen LogP contribution >= 0.6 is 11.6 Å². The van der Waals surface area contributed by atoms with Crippen LogP contribution in [0, 0.1) is 10.1 Å². The van der Waals surface area contributed by atoms with Gasteiger partial charge < -0.3 is 15.4 Å². The van der Waals surface area contributed by atoms with Gasteiger partial charge in [-0.05, 0) is 32.0 Å². The van der Waals surface area contributed by atoms with E-state index in [0.29, 0.717) is 5.02 Å². The van der Waals surface area contributed by atoms with E-state index in [2.05, 4.69) is 10.6 Å². The second-order valence-corrected chi connectivity index (χ2v) is 7.31. The maximum Gasteiger partial charge on any atom is 0.308 e. The number of nitro groups is 1. The number of carbonyl (C=O) groups excluding carboxylic acids is 3. The number of rotatable bonds is 9. The van der Waals surface area contributed by atoms with Crippen LogP contribution in [0.25, 0.3) is 0 Å². The normalized spacial score (nSPS) is 11.5. The number of amides is 2. The van der Waals surface area contributed by atoms with Gasteiger partial charge >= 0.3 is 5.97 Å². The molecule has 31 heavy (non-hydrogen) atoms. The largest absolute Gasteiger partial charge is 0.463 e. The quantitative estimate of drug-likeness (QED) is 0.345. The van der Waals surface area contributed by atoms with Gasteiger partial charge in [-0.15, -0.1) is 0 Å². The maximum absolute atomic E-state index is 12.4. The minimum absolute atomic E-state index is 0.155. The fourth-order valence-corrected chi connectivity index (χ4v) is 2.99. The number of hydrogen-bond acceptors (Lipinski definition) is 6. The molecule has 0 aliphatic rings. The van der Waals surface area contributed by atoms with Crippen molar-refractivity contribution in [2.45, 2.75) is 32.4 Å². The highest BCUT2D eigenvalue weighted by Crippen LogP contribution is 2.27. The van der Waals surface area contributed by atoms with Gasteiger partial charge in [0.1, 0.15) is 0 Å². The Morgan fingerprint density at radius 3 is 2.48 bits per heavy atom. The van der Waals surface area contributed by atoms with Crippen molar-refractivity contribution < 1.29 is 24.0 Å². The Balaban J connectivity index is 2.13. The molecule has 10 heteroatoms. The standard InChI is InChI=1S/C21H22ClN3O6/c1-13(2)31-20(27)11-17(16-8-3-4-9-18(16)25(29)30)24-19(26)12-23-21(28)14-6-5-7-15(22)10-14/h3-10,13,17H,11-12H2,1-2H3,(H,23,28)(H,24,26). The Kier molecular flexibility index (Phi) is 8.51. The van der Waals surface area contributed by atoms with Crippen LogP contribution in [0.5, 0.6) is 0 Å². The average Bonchev–Trinajstić information content (AvgIpc) is 2.70. The summed E-state index contributed by atoms with van der Waals surface area (Å²) in [7, 11) is 0. The number of ether oxygens (including phenoxy) is 1. The molecule has 0 bridgehead atoms. The molecule has 1 atom stereocenters. The molecule has 0 heterocycles. The molecule has 1 unspecified atom stereocenters. The number of esters is 1. The number of hydrogen-bond donors (Lipinski definition) is 2. The second kappa shape index (κ2) is 11.1. The summed E-state index contributed by atoms with van der Waals surface area (Å²) in [6.45, 7) is 2.94. The van der Waals surface area contributed by atoms with Gasteiger partial charge in [-0.1, -0.05) is 35.9 Å². The van der Waals surface area contributed by atoms with Crippen LogP contribution in [0.4, 0.5) is 5.69 Å². The number of carbonyl (C=O) groups is 3. The Morgan fingerprint density at radius 2 is 1.84 bits per heavy atom. The minimum Gasteiger partial charge on any atom is -0.463 e. The van der Waals surface area contributed by atoms with Gasteiger partial charge in [0.05, 0.1) is 35.6 Å². The highest BCUT2D eigenvalue weighted by atomic mass is 35.5. The van der Waals surface area contributed by atoms with Gasteiger partial charge in [-0.25, -0.2) is 0 Å². The van der Waals surface area contributed by atoms with Crippen LogP contribution in [0.3, 0.4) is 0 Å². The molecule has 0 aromatic heterocycles. The zero-order chi connectivity index (χ0) is 23.0. The number of nitrogens with zero attached hydrogens (tertiary/aromatic N) is 1. The third-order valence-electron chi connectivity index (χ3n) is 4.08. The van der Waals surface area contributed by atoms with E-state index >= 15 is 0 Å². The van der Waals surface area contributed by atoms with Crippen LogP contribution in [0.1, 0.15) is 42.2 Å². The third kappa shape index (κ3) is 7.38. The summed E-state index contributed by atoms with van der Waals surface area (Å²) in [5.74, 6) is -1.77. The molecule has 2 aromatic carbocycles. The lowest BCUT2D eigenvalue weighted by atomic mass is 10.0. The first-order valence-electron chi connectivity index (χ1n) is 9.43. The van der Waals surface area contributed by atoms with Gasteiger partial charge in [0.15, 0.2) is 0 Å². The van der Waals surface area contributed by atoms with Crippen molar-refractivity contribution in [3.05, 3.63) is 74.8 Å². The molecule has 0 aliphatic carbocycles. The monoisotopic (exact) mass is 447 g/mol. The molecule has 0 saturated carbocycles. The van der Waals surface area contributed by atoms with Crippen molar-refractivity contribution in [1.82, 2.24) is 10.6 Å². The lowest BCUT2D eigenvalue weighted by Gasteiger charge is -2.19. The Morgan fingerprint density at radius 1 is 1.13 bits per heavy atom. The molecule has 2 amide bonds. The van der Waals surface area contributed by atoms with E-state index in [9.17, 15) is 24.5 Å². The average molecular weight is 448 g/mol. The van der Waals surface area contributed by atoms with Crippen molar-refractivity contribution in [2.24, 2.45) is 0 Å². The number of para-hydroxylation sites is 1. The number of halogens is 1. The zero-order valence-corrected chi connectivity index (χ0v) is 17.7. The first-order valence-corrected chi connectivity index (χ1v) is 9.81. The van der Waals surface area contributed by atoms with E-state index in [-0.39, 0.29) is 29.3 Å². The molecule has 9 nitrogen and oxygen atoms in total. The van der Waals surface area contributed by atoms with Crippen molar-refractivity contribution in [2.75, 3.05) is 6.54 Å². The molecule has 0 spiro atoms. The Labute approximate surface area is 183 Å². The van der Waals surface area contributed by atoms with Crippen LogP contribution in [0.2, 0.25) is 5.02 Å². The summed E-state index contributed by atoms with van der Waals surface area (Å²) in [6.07, 6.45) is -0.691. The van der Waals surface area contributed by atoms with E-state index in [1.165, 1.54) is 30.3 Å². The smallest absolute Gasteiger partial charge is 0.308 e. The number of benzene rings is 2. The van der Waals surface area contributed by atoms with Crippen LogP contribution in [-0.2, 0) is 14.3 Å². The highest BCUT2D eigenvalue weighted by molar-refractivity contribution is 6.31. The van der Waals surface area contributed by atoms with Crippen molar-refractivity contribution in [1.29, 1.82) is 0 Å². The maximum atomic E-state index is 12.4. The topological polar surface area (TPSA) is 128 Å². The Bertz CT molecular complexity index is 979. The highest BCUT2D eigenvalue weighted by Gasteiger charge is 2.26.